The highest BCUT2D eigenvalue weighted by atomic mass is 16.5. The number of ether oxygens (including phenoxy) is 1. The molecule has 114 valence electrons. The van der Waals surface area contributed by atoms with Gasteiger partial charge in [-0.2, -0.15) is 0 Å². The quantitative estimate of drug-likeness (QED) is 0.796. The van der Waals surface area contributed by atoms with Crippen molar-refractivity contribution in [2.45, 2.75) is 33.7 Å². The van der Waals surface area contributed by atoms with Gasteiger partial charge in [-0.1, -0.05) is 19.9 Å². The minimum atomic E-state index is -0.919. The van der Waals surface area contributed by atoms with Gasteiger partial charge in [0.2, 0.25) is 0 Å². The van der Waals surface area contributed by atoms with E-state index < -0.39 is 5.97 Å². The molecule has 0 atom stereocenters. The first kappa shape index (κ1) is 15.5. The molecule has 2 rings (SSSR count). The minimum Gasteiger partial charge on any atom is -0.478 e. The van der Waals surface area contributed by atoms with E-state index in [-0.39, 0.29) is 0 Å². The number of aryl methyl sites for hydroxylation is 2. The van der Waals surface area contributed by atoms with Crippen LogP contribution in [0.4, 0.5) is 0 Å². The summed E-state index contributed by atoms with van der Waals surface area (Å²) in [5.74, 6) is 0.444. The number of carboxylic acids is 1. The van der Waals surface area contributed by atoms with Crippen LogP contribution in [0.3, 0.4) is 0 Å². The third-order valence-corrected chi connectivity index (χ3v) is 3.31. The van der Waals surface area contributed by atoms with E-state index in [1.165, 1.54) is 0 Å². The molecule has 2 aromatic rings. The number of hydrogen-bond donors (Lipinski definition) is 1. The smallest absolute Gasteiger partial charge is 0.337 e. The molecule has 0 aliphatic carbocycles. The van der Waals surface area contributed by atoms with Crippen molar-refractivity contribution in [3.8, 4) is 0 Å². The van der Waals surface area contributed by atoms with Crippen molar-refractivity contribution in [3.63, 3.8) is 0 Å². The van der Waals surface area contributed by atoms with Crippen molar-refractivity contribution in [1.29, 1.82) is 0 Å². The summed E-state index contributed by atoms with van der Waals surface area (Å²) in [7, 11) is 0. The molecule has 1 heterocycles. The van der Waals surface area contributed by atoms with Crippen LogP contribution in [-0.2, 0) is 11.3 Å². The average Bonchev–Trinajstić information content (AvgIpc) is 2.73. The first-order chi connectivity index (χ1) is 10.0. The van der Waals surface area contributed by atoms with Gasteiger partial charge < -0.3 is 14.4 Å². The largest absolute Gasteiger partial charge is 0.478 e. The molecule has 0 spiro atoms. The van der Waals surface area contributed by atoms with Gasteiger partial charge in [-0.05, 0) is 31.4 Å². The molecule has 0 bridgehead atoms. The lowest BCUT2D eigenvalue weighted by atomic mass is 10.2. The van der Waals surface area contributed by atoms with Crippen molar-refractivity contribution < 1.29 is 14.6 Å². The van der Waals surface area contributed by atoms with Crippen molar-refractivity contribution >= 4 is 17.0 Å². The van der Waals surface area contributed by atoms with Gasteiger partial charge in [0.05, 0.1) is 16.6 Å². The zero-order chi connectivity index (χ0) is 15.4. The monoisotopic (exact) mass is 290 g/mol. The number of nitrogens with zero attached hydrogens (tertiary/aromatic N) is 2. The Morgan fingerprint density at radius 2 is 2.19 bits per heavy atom. The molecule has 1 N–H and O–H groups in total. The zero-order valence-corrected chi connectivity index (χ0v) is 12.8. The Kier molecular flexibility index (Phi) is 4.96. The highest BCUT2D eigenvalue weighted by Crippen LogP contribution is 2.21. The predicted octanol–water partition coefficient (Wildman–Crippen LogP) is 3.11. The first-order valence-electron chi connectivity index (χ1n) is 7.27. The van der Waals surface area contributed by atoms with E-state index in [2.05, 4.69) is 18.8 Å². The summed E-state index contributed by atoms with van der Waals surface area (Å²) in [6, 6.07) is 5.20. The Labute approximate surface area is 124 Å². The maximum absolute atomic E-state index is 11.4. The molecule has 0 saturated carbocycles. The van der Waals surface area contributed by atoms with Crippen molar-refractivity contribution in [2.75, 3.05) is 13.2 Å². The second kappa shape index (κ2) is 6.72. The summed E-state index contributed by atoms with van der Waals surface area (Å²) in [5, 5.41) is 9.32. The summed E-state index contributed by atoms with van der Waals surface area (Å²) in [4.78, 5) is 15.8. The molecule has 5 heteroatoms. The molecule has 5 nitrogen and oxygen atoms in total. The van der Waals surface area contributed by atoms with Crippen LogP contribution in [0.5, 0.6) is 0 Å². The molecule has 0 fully saturated rings. The van der Waals surface area contributed by atoms with Crippen LogP contribution in [0.25, 0.3) is 11.0 Å². The SMILES string of the molecule is Cc1nc2cccc(C(=O)O)c2n1CCCOCC(C)C. The number of rotatable bonds is 7. The molecule has 21 heavy (non-hydrogen) atoms. The maximum atomic E-state index is 11.4. The number of imidazole rings is 1. The Balaban J connectivity index is 2.15. The third-order valence-electron chi connectivity index (χ3n) is 3.31. The second-order valence-electron chi connectivity index (χ2n) is 5.61. The molecular weight excluding hydrogens is 268 g/mol. The lowest BCUT2D eigenvalue weighted by Gasteiger charge is -2.10. The van der Waals surface area contributed by atoms with Gasteiger partial charge in [-0.3, -0.25) is 0 Å². The lowest BCUT2D eigenvalue weighted by molar-refractivity contribution is 0.0698. The number of para-hydroxylation sites is 1. The molecular formula is C16H22N2O3. The van der Waals surface area contributed by atoms with Crippen LogP contribution >= 0.6 is 0 Å². The number of carboxylic acid groups (broad SMARTS) is 1. The highest BCUT2D eigenvalue weighted by molar-refractivity contribution is 6.01. The van der Waals surface area contributed by atoms with E-state index in [9.17, 15) is 9.90 Å². The van der Waals surface area contributed by atoms with E-state index in [0.717, 1.165) is 24.4 Å². The number of carbonyl (C=O) groups is 1. The van der Waals surface area contributed by atoms with E-state index >= 15 is 0 Å². The summed E-state index contributed by atoms with van der Waals surface area (Å²) in [6.07, 6.45) is 0.840. The molecule has 0 radical (unpaired) electrons. The lowest BCUT2D eigenvalue weighted by Crippen LogP contribution is -2.09. The third kappa shape index (κ3) is 3.61. The molecule has 0 unspecified atom stereocenters. The normalized spacial score (nSPS) is 11.4. The van der Waals surface area contributed by atoms with Gasteiger partial charge in [-0.15, -0.1) is 0 Å². The van der Waals surface area contributed by atoms with E-state index in [1.807, 2.05) is 17.6 Å². The molecule has 0 aliphatic rings. The van der Waals surface area contributed by atoms with Gasteiger partial charge in [0.15, 0.2) is 0 Å². The first-order valence-corrected chi connectivity index (χ1v) is 7.27. The average molecular weight is 290 g/mol. The zero-order valence-electron chi connectivity index (χ0n) is 12.8. The molecule has 1 aromatic carbocycles. The van der Waals surface area contributed by atoms with Gasteiger partial charge in [0, 0.05) is 19.8 Å². The maximum Gasteiger partial charge on any atom is 0.337 e. The van der Waals surface area contributed by atoms with Crippen LogP contribution in [-0.4, -0.2) is 33.8 Å². The molecule has 0 amide bonds. The Hall–Kier alpha value is -1.88. The van der Waals surface area contributed by atoms with Gasteiger partial charge in [0.25, 0.3) is 0 Å². The predicted molar refractivity (Wildman–Crippen MR) is 81.7 cm³/mol. The number of hydrogen-bond acceptors (Lipinski definition) is 3. The molecule has 0 saturated heterocycles. The van der Waals surface area contributed by atoms with Crippen molar-refractivity contribution in [2.24, 2.45) is 5.92 Å². The van der Waals surface area contributed by atoms with E-state index in [4.69, 9.17) is 4.74 Å². The van der Waals surface area contributed by atoms with Crippen LogP contribution in [0.2, 0.25) is 0 Å². The van der Waals surface area contributed by atoms with Crippen molar-refractivity contribution in [3.05, 3.63) is 29.6 Å². The van der Waals surface area contributed by atoms with Crippen LogP contribution in [0, 0.1) is 12.8 Å². The summed E-state index contributed by atoms with van der Waals surface area (Å²) in [5.41, 5.74) is 1.73. The van der Waals surface area contributed by atoms with Gasteiger partial charge >= 0.3 is 5.97 Å². The topological polar surface area (TPSA) is 64.3 Å². The fourth-order valence-corrected chi connectivity index (χ4v) is 2.39. The highest BCUT2D eigenvalue weighted by Gasteiger charge is 2.15. The standard InChI is InChI=1S/C16H22N2O3/c1-11(2)10-21-9-5-8-18-12(3)17-14-7-4-6-13(15(14)18)16(19)20/h4,6-7,11H,5,8-10H2,1-3H3,(H,19,20). The Morgan fingerprint density at radius 3 is 2.86 bits per heavy atom. The summed E-state index contributed by atoms with van der Waals surface area (Å²) in [6.45, 7) is 8.28. The minimum absolute atomic E-state index is 0.302. The van der Waals surface area contributed by atoms with Crippen molar-refractivity contribution in [1.82, 2.24) is 9.55 Å². The van der Waals surface area contributed by atoms with Crippen LogP contribution < -0.4 is 0 Å². The second-order valence-corrected chi connectivity index (χ2v) is 5.61. The van der Waals surface area contributed by atoms with E-state index in [1.54, 1.807) is 12.1 Å². The fraction of sp³-hybridized carbons (Fsp3) is 0.500. The molecule has 1 aromatic heterocycles. The number of aromatic carboxylic acids is 1. The summed E-state index contributed by atoms with van der Waals surface area (Å²) < 4.78 is 7.54. The summed E-state index contributed by atoms with van der Waals surface area (Å²) >= 11 is 0. The number of fused-ring (bicyclic) bond motifs is 1. The van der Waals surface area contributed by atoms with Gasteiger partial charge in [0.1, 0.15) is 5.82 Å². The van der Waals surface area contributed by atoms with Crippen LogP contribution in [0.15, 0.2) is 18.2 Å². The van der Waals surface area contributed by atoms with Gasteiger partial charge in [-0.25, -0.2) is 9.78 Å². The molecule has 0 aliphatic heterocycles. The van der Waals surface area contributed by atoms with E-state index in [0.29, 0.717) is 30.1 Å². The Bertz CT molecular complexity index is 632. The number of benzene rings is 1. The Morgan fingerprint density at radius 1 is 1.43 bits per heavy atom. The fourth-order valence-electron chi connectivity index (χ4n) is 2.39. The van der Waals surface area contributed by atoms with Crippen LogP contribution in [0.1, 0.15) is 36.5 Å². The number of aromatic nitrogens is 2.